The molecule has 0 bridgehead atoms. The Bertz CT molecular complexity index is 505. The fourth-order valence-corrected chi connectivity index (χ4v) is 1.92. The van der Waals surface area contributed by atoms with Gasteiger partial charge in [0.05, 0.1) is 0 Å². The van der Waals surface area contributed by atoms with E-state index in [1.54, 1.807) is 6.07 Å². The molecule has 0 saturated heterocycles. The highest BCUT2D eigenvalue weighted by Crippen LogP contribution is 2.07. The number of pyridine rings is 1. The van der Waals surface area contributed by atoms with Crippen LogP contribution in [0, 0.1) is 0 Å². The van der Waals surface area contributed by atoms with Gasteiger partial charge in [0.1, 0.15) is 0 Å². The molecule has 3 N–H and O–H groups in total. The van der Waals surface area contributed by atoms with Crippen molar-refractivity contribution in [2.45, 2.75) is 12.8 Å². The largest absolute Gasteiger partial charge is 0.352 e. The van der Waals surface area contributed by atoms with Gasteiger partial charge in [0.25, 0.3) is 5.91 Å². The molecule has 5 heteroatoms. The standard InChI is InChI=1S/C13H17N3O2/c17-12-9-11(4-8-15-12)13(18)16-7-3-10-1-5-14-6-2-10/h1,4,8-9,14H,2-3,5-7H2,(H,15,17)(H,16,18). The first-order chi connectivity index (χ1) is 8.75. The lowest BCUT2D eigenvalue weighted by Gasteiger charge is -2.14. The third-order valence-electron chi connectivity index (χ3n) is 2.93. The Morgan fingerprint density at radius 2 is 2.33 bits per heavy atom. The molecule has 0 radical (unpaired) electrons. The molecule has 1 aromatic rings. The summed E-state index contributed by atoms with van der Waals surface area (Å²) in [5.41, 5.74) is 1.52. The quantitative estimate of drug-likeness (QED) is 0.675. The minimum atomic E-state index is -0.260. The summed E-state index contributed by atoms with van der Waals surface area (Å²) in [6, 6.07) is 2.90. The van der Waals surface area contributed by atoms with Gasteiger partial charge in [-0.3, -0.25) is 9.59 Å². The molecule has 96 valence electrons. The van der Waals surface area contributed by atoms with E-state index < -0.39 is 0 Å². The van der Waals surface area contributed by atoms with Crippen molar-refractivity contribution in [2.75, 3.05) is 19.6 Å². The fourth-order valence-electron chi connectivity index (χ4n) is 1.92. The first-order valence-corrected chi connectivity index (χ1v) is 6.11. The van der Waals surface area contributed by atoms with E-state index >= 15 is 0 Å². The van der Waals surface area contributed by atoms with Crippen molar-refractivity contribution in [3.05, 3.63) is 45.9 Å². The molecule has 0 fully saturated rings. The van der Waals surface area contributed by atoms with E-state index in [-0.39, 0.29) is 11.5 Å². The average molecular weight is 247 g/mol. The summed E-state index contributed by atoms with van der Waals surface area (Å²) in [6.45, 7) is 2.53. The predicted molar refractivity (Wildman–Crippen MR) is 69.6 cm³/mol. The highest BCUT2D eigenvalue weighted by molar-refractivity contribution is 5.93. The third kappa shape index (κ3) is 3.56. The topological polar surface area (TPSA) is 74.0 Å². The van der Waals surface area contributed by atoms with Gasteiger partial charge in [-0.2, -0.15) is 0 Å². The third-order valence-corrected chi connectivity index (χ3v) is 2.93. The first-order valence-electron chi connectivity index (χ1n) is 6.11. The molecule has 0 unspecified atom stereocenters. The zero-order valence-corrected chi connectivity index (χ0v) is 10.2. The Balaban J connectivity index is 1.81. The molecule has 2 heterocycles. The van der Waals surface area contributed by atoms with E-state index in [2.05, 4.69) is 21.7 Å². The molecule has 0 aromatic carbocycles. The van der Waals surface area contributed by atoms with Gasteiger partial charge in [-0.1, -0.05) is 11.6 Å². The van der Waals surface area contributed by atoms with E-state index in [1.165, 1.54) is 17.8 Å². The van der Waals surface area contributed by atoms with Crippen molar-refractivity contribution in [1.82, 2.24) is 15.6 Å². The van der Waals surface area contributed by atoms with Crippen LogP contribution in [0.5, 0.6) is 0 Å². The lowest BCUT2D eigenvalue weighted by Crippen LogP contribution is -2.27. The van der Waals surface area contributed by atoms with Gasteiger partial charge in [0.2, 0.25) is 5.56 Å². The van der Waals surface area contributed by atoms with E-state index in [0.717, 1.165) is 25.9 Å². The summed E-state index contributed by atoms with van der Waals surface area (Å²) in [5, 5.41) is 6.06. The molecule has 18 heavy (non-hydrogen) atoms. The summed E-state index contributed by atoms with van der Waals surface area (Å²) in [4.78, 5) is 25.3. The van der Waals surface area contributed by atoms with Crippen LogP contribution in [0.15, 0.2) is 34.8 Å². The van der Waals surface area contributed by atoms with E-state index in [1.807, 2.05) is 0 Å². The number of rotatable bonds is 4. The Kier molecular flexibility index (Phi) is 4.30. The summed E-state index contributed by atoms with van der Waals surface area (Å²) in [5.74, 6) is -0.198. The van der Waals surface area contributed by atoms with E-state index in [9.17, 15) is 9.59 Å². The molecule has 1 aliphatic rings. The van der Waals surface area contributed by atoms with E-state index in [0.29, 0.717) is 12.1 Å². The number of hydrogen-bond acceptors (Lipinski definition) is 3. The predicted octanol–water partition coefficient (Wildman–Crippen LogP) is 0.414. The lowest BCUT2D eigenvalue weighted by atomic mass is 10.1. The van der Waals surface area contributed by atoms with Gasteiger partial charge in [0.15, 0.2) is 0 Å². The molecule has 0 atom stereocenters. The van der Waals surface area contributed by atoms with Gasteiger partial charge in [0, 0.05) is 30.9 Å². The number of carbonyl (C=O) groups is 1. The number of amides is 1. The van der Waals surface area contributed by atoms with Gasteiger partial charge in [-0.25, -0.2) is 0 Å². The van der Waals surface area contributed by atoms with Gasteiger partial charge in [-0.05, 0) is 25.5 Å². The van der Waals surface area contributed by atoms with Crippen LogP contribution >= 0.6 is 0 Å². The van der Waals surface area contributed by atoms with Crippen molar-refractivity contribution in [2.24, 2.45) is 0 Å². The monoisotopic (exact) mass is 247 g/mol. The number of carbonyl (C=O) groups excluding carboxylic acids is 1. The zero-order valence-electron chi connectivity index (χ0n) is 10.2. The normalized spacial score (nSPS) is 15.0. The van der Waals surface area contributed by atoms with Crippen molar-refractivity contribution in [3.8, 4) is 0 Å². The number of aromatic amines is 1. The van der Waals surface area contributed by atoms with Crippen LogP contribution in [0.25, 0.3) is 0 Å². The molecule has 1 aliphatic heterocycles. The van der Waals surface area contributed by atoms with Crippen LogP contribution in [-0.2, 0) is 0 Å². The number of hydrogen-bond donors (Lipinski definition) is 3. The second-order valence-electron chi connectivity index (χ2n) is 4.26. The van der Waals surface area contributed by atoms with Crippen molar-refractivity contribution >= 4 is 5.91 Å². The molecular weight excluding hydrogens is 230 g/mol. The minimum Gasteiger partial charge on any atom is -0.352 e. The van der Waals surface area contributed by atoms with Gasteiger partial charge >= 0.3 is 0 Å². The zero-order chi connectivity index (χ0) is 12.8. The average Bonchev–Trinajstić information content (AvgIpc) is 2.40. The van der Waals surface area contributed by atoms with Crippen molar-refractivity contribution in [3.63, 3.8) is 0 Å². The molecule has 2 rings (SSSR count). The van der Waals surface area contributed by atoms with E-state index in [4.69, 9.17) is 0 Å². The van der Waals surface area contributed by atoms with Gasteiger partial charge < -0.3 is 15.6 Å². The summed E-state index contributed by atoms with van der Waals surface area (Å²) < 4.78 is 0. The highest BCUT2D eigenvalue weighted by atomic mass is 16.2. The van der Waals surface area contributed by atoms with Crippen LogP contribution in [0.2, 0.25) is 0 Å². The van der Waals surface area contributed by atoms with Crippen LogP contribution in [-0.4, -0.2) is 30.5 Å². The molecule has 0 spiro atoms. The Morgan fingerprint density at radius 3 is 3.06 bits per heavy atom. The second kappa shape index (κ2) is 6.16. The minimum absolute atomic E-state index is 0.198. The van der Waals surface area contributed by atoms with Crippen molar-refractivity contribution in [1.29, 1.82) is 0 Å². The number of H-pyrrole nitrogens is 1. The maximum absolute atomic E-state index is 11.7. The maximum atomic E-state index is 11.7. The molecule has 0 aliphatic carbocycles. The SMILES string of the molecule is O=C(NCCC1=CCNCC1)c1cc[nH]c(=O)c1. The van der Waals surface area contributed by atoms with Crippen LogP contribution in [0.1, 0.15) is 23.2 Å². The van der Waals surface area contributed by atoms with Crippen LogP contribution in [0.4, 0.5) is 0 Å². The van der Waals surface area contributed by atoms with Crippen LogP contribution < -0.4 is 16.2 Å². The first kappa shape index (κ1) is 12.6. The fraction of sp³-hybridized carbons (Fsp3) is 0.385. The number of nitrogens with one attached hydrogen (secondary N) is 3. The molecular formula is C13H17N3O2. The maximum Gasteiger partial charge on any atom is 0.251 e. The summed E-state index contributed by atoms with van der Waals surface area (Å²) >= 11 is 0. The van der Waals surface area contributed by atoms with Crippen LogP contribution in [0.3, 0.4) is 0 Å². The Hall–Kier alpha value is -1.88. The number of aromatic nitrogens is 1. The highest BCUT2D eigenvalue weighted by Gasteiger charge is 2.06. The van der Waals surface area contributed by atoms with Crippen molar-refractivity contribution < 1.29 is 4.79 Å². The Labute approximate surface area is 105 Å². The lowest BCUT2D eigenvalue weighted by molar-refractivity contribution is 0.0954. The smallest absolute Gasteiger partial charge is 0.251 e. The molecule has 1 amide bonds. The second-order valence-corrected chi connectivity index (χ2v) is 4.26. The molecule has 1 aromatic heterocycles. The molecule has 0 saturated carbocycles. The molecule has 5 nitrogen and oxygen atoms in total. The summed E-state index contributed by atoms with van der Waals surface area (Å²) in [7, 11) is 0. The Morgan fingerprint density at radius 1 is 1.44 bits per heavy atom. The summed E-state index contributed by atoms with van der Waals surface area (Å²) in [6.07, 6.45) is 5.56. The van der Waals surface area contributed by atoms with Gasteiger partial charge in [-0.15, -0.1) is 0 Å².